The number of non-ortho nitro benzene ring substituents is 1. The molecule has 0 saturated heterocycles. The van der Waals surface area contributed by atoms with Gasteiger partial charge >= 0.3 is 0 Å². The molecule has 1 aliphatic heterocycles. The fourth-order valence-corrected chi connectivity index (χ4v) is 8.92. The van der Waals surface area contributed by atoms with Crippen molar-refractivity contribution in [2.75, 3.05) is 0 Å². The second-order valence-electron chi connectivity index (χ2n) is 10.7. The van der Waals surface area contributed by atoms with E-state index in [0.29, 0.717) is 15.1 Å². The van der Waals surface area contributed by atoms with Crippen molar-refractivity contribution >= 4 is 74.0 Å². The predicted octanol–water partition coefficient (Wildman–Crippen LogP) is 7.15. The van der Waals surface area contributed by atoms with Gasteiger partial charge in [-0.25, -0.2) is 9.38 Å². The molecule has 11 heteroatoms. The molecule has 224 valence electrons. The number of hydrogen-bond donors (Lipinski definition) is 0. The highest BCUT2D eigenvalue weighted by Gasteiger charge is 2.32. The van der Waals surface area contributed by atoms with E-state index in [2.05, 4.69) is 57.3 Å². The fourth-order valence-electron chi connectivity index (χ4n) is 5.79. The standard InChI is InChI=1S/C34H22FI2N3O4S/c35-23-10-7-22(8-11-23)31-26-14-9-21-3-1-2-4-25(21)30(26)38-34-39(31)33(41)29(45-34)17-20-15-27(36)32(28(37)16-20)44-18-19-5-12-24(13-6-19)40(42)43/h1-8,10-13,15-17,31H,9,14,18H2/b29-17+/t31-/m1/s1. The van der Waals surface area contributed by atoms with E-state index in [1.165, 1.54) is 41.2 Å². The van der Waals surface area contributed by atoms with E-state index in [1.807, 2.05) is 30.3 Å². The number of nitrogens with zero attached hydrogens (tertiary/aromatic N) is 3. The van der Waals surface area contributed by atoms with Crippen molar-refractivity contribution in [1.29, 1.82) is 0 Å². The summed E-state index contributed by atoms with van der Waals surface area (Å²) in [5.41, 5.74) is 6.70. The number of aryl methyl sites for hydroxylation is 1. The molecule has 7 rings (SSSR count). The molecule has 2 aliphatic rings. The number of rotatable bonds is 6. The lowest BCUT2D eigenvalue weighted by Crippen LogP contribution is -2.38. The lowest BCUT2D eigenvalue weighted by Gasteiger charge is -2.30. The molecule has 0 spiro atoms. The predicted molar refractivity (Wildman–Crippen MR) is 188 cm³/mol. The van der Waals surface area contributed by atoms with E-state index >= 15 is 0 Å². The Kier molecular flexibility index (Phi) is 8.16. The number of aromatic nitrogens is 1. The van der Waals surface area contributed by atoms with Crippen molar-refractivity contribution in [1.82, 2.24) is 4.57 Å². The van der Waals surface area contributed by atoms with Gasteiger partial charge in [0.1, 0.15) is 18.2 Å². The van der Waals surface area contributed by atoms with Crippen molar-refractivity contribution in [3.8, 4) is 5.75 Å². The average molecular weight is 841 g/mol. The van der Waals surface area contributed by atoms with E-state index in [9.17, 15) is 19.3 Å². The number of hydrogen-bond acceptors (Lipinski definition) is 6. The van der Waals surface area contributed by atoms with Crippen LogP contribution in [-0.2, 0) is 13.0 Å². The second-order valence-corrected chi connectivity index (χ2v) is 14.0. The Morgan fingerprint density at radius 1 is 1.02 bits per heavy atom. The molecule has 0 saturated carbocycles. The maximum Gasteiger partial charge on any atom is 0.271 e. The normalized spacial score (nSPS) is 15.6. The zero-order valence-corrected chi connectivity index (χ0v) is 28.5. The van der Waals surface area contributed by atoms with Gasteiger partial charge in [0.2, 0.25) is 0 Å². The van der Waals surface area contributed by atoms with E-state index in [1.54, 1.807) is 28.8 Å². The summed E-state index contributed by atoms with van der Waals surface area (Å²) in [4.78, 5) is 30.2. The van der Waals surface area contributed by atoms with Crippen LogP contribution in [0.15, 0.2) is 100 Å². The third-order valence-electron chi connectivity index (χ3n) is 7.91. The van der Waals surface area contributed by atoms with Gasteiger partial charge in [0.05, 0.1) is 28.3 Å². The van der Waals surface area contributed by atoms with Crippen LogP contribution in [0.3, 0.4) is 0 Å². The van der Waals surface area contributed by atoms with Gasteiger partial charge in [0.15, 0.2) is 4.80 Å². The first kappa shape index (κ1) is 30.0. The summed E-state index contributed by atoms with van der Waals surface area (Å²) in [6, 6.07) is 24.5. The molecule has 0 fully saturated rings. The number of benzene rings is 4. The number of nitro groups is 1. The molecule has 1 aromatic heterocycles. The smallest absolute Gasteiger partial charge is 0.271 e. The van der Waals surface area contributed by atoms with Crippen LogP contribution in [0.4, 0.5) is 10.1 Å². The van der Waals surface area contributed by atoms with E-state index in [0.717, 1.165) is 53.5 Å². The zero-order chi connectivity index (χ0) is 31.2. The molecule has 0 bridgehead atoms. The lowest BCUT2D eigenvalue weighted by atomic mass is 9.83. The second kappa shape index (κ2) is 12.2. The van der Waals surface area contributed by atoms with Crippen molar-refractivity contribution < 1.29 is 14.1 Å². The van der Waals surface area contributed by atoms with Gasteiger partial charge in [-0.1, -0.05) is 47.7 Å². The molecule has 1 atom stereocenters. The molecule has 4 aromatic carbocycles. The highest BCUT2D eigenvalue weighted by molar-refractivity contribution is 14.1. The highest BCUT2D eigenvalue weighted by atomic mass is 127. The van der Waals surface area contributed by atoms with Gasteiger partial charge in [-0.15, -0.1) is 0 Å². The van der Waals surface area contributed by atoms with Crippen LogP contribution in [0.1, 0.15) is 40.3 Å². The van der Waals surface area contributed by atoms with Crippen molar-refractivity contribution in [2.45, 2.75) is 25.5 Å². The van der Waals surface area contributed by atoms with E-state index < -0.39 is 4.92 Å². The Hall–Kier alpha value is -3.69. The van der Waals surface area contributed by atoms with Crippen LogP contribution in [0.5, 0.6) is 5.75 Å². The van der Waals surface area contributed by atoms with Crippen molar-refractivity contribution in [3.05, 3.63) is 161 Å². The Labute approximate surface area is 287 Å². The summed E-state index contributed by atoms with van der Waals surface area (Å²) in [6.45, 7) is 0.263. The third kappa shape index (κ3) is 5.76. The topological polar surface area (TPSA) is 86.7 Å². The maximum atomic E-state index is 14.1. The number of allylic oxidation sites excluding steroid dienone is 1. The molecule has 0 unspecified atom stereocenters. The van der Waals surface area contributed by atoms with Crippen LogP contribution >= 0.6 is 56.5 Å². The number of nitro benzene ring substituents is 1. The minimum absolute atomic E-state index is 0.0338. The van der Waals surface area contributed by atoms with Gasteiger partial charge < -0.3 is 4.74 Å². The lowest BCUT2D eigenvalue weighted by molar-refractivity contribution is -0.384. The molecule has 0 N–H and O–H groups in total. The number of fused-ring (bicyclic) bond motifs is 3. The Bertz CT molecular complexity index is 2190. The first-order valence-corrected chi connectivity index (χ1v) is 17.0. The summed E-state index contributed by atoms with van der Waals surface area (Å²) in [6.07, 6.45) is 3.49. The first-order valence-electron chi connectivity index (χ1n) is 14.0. The van der Waals surface area contributed by atoms with Gasteiger partial charge in [-0.05, 0) is 128 Å². The zero-order valence-electron chi connectivity index (χ0n) is 23.4. The molecule has 5 aromatic rings. The van der Waals surface area contributed by atoms with Gasteiger partial charge in [-0.3, -0.25) is 19.5 Å². The number of halogens is 3. The Balaban J connectivity index is 1.27. The molecule has 2 heterocycles. The monoisotopic (exact) mass is 841 g/mol. The Morgan fingerprint density at radius 3 is 2.44 bits per heavy atom. The summed E-state index contributed by atoms with van der Waals surface area (Å²) >= 11 is 5.79. The molecule has 0 amide bonds. The molecule has 7 nitrogen and oxygen atoms in total. The molecule has 45 heavy (non-hydrogen) atoms. The highest BCUT2D eigenvalue weighted by Crippen LogP contribution is 2.41. The first-order chi connectivity index (χ1) is 21.8. The minimum atomic E-state index is -0.428. The minimum Gasteiger partial charge on any atom is -0.487 e. The molecular weight excluding hydrogens is 819 g/mol. The average Bonchev–Trinajstić information content (AvgIpc) is 3.34. The summed E-state index contributed by atoms with van der Waals surface area (Å²) in [7, 11) is 0. The van der Waals surface area contributed by atoms with Gasteiger partial charge in [0, 0.05) is 17.7 Å². The third-order valence-corrected chi connectivity index (χ3v) is 10.5. The van der Waals surface area contributed by atoms with Crippen molar-refractivity contribution in [3.63, 3.8) is 0 Å². The van der Waals surface area contributed by atoms with Gasteiger partial charge in [-0.2, -0.15) is 0 Å². The number of thiazole rings is 1. The summed E-state index contributed by atoms with van der Waals surface area (Å²) in [5, 5.41) is 10.9. The summed E-state index contributed by atoms with van der Waals surface area (Å²) < 4.78 is 24.1. The van der Waals surface area contributed by atoms with Crippen LogP contribution in [0.2, 0.25) is 0 Å². The van der Waals surface area contributed by atoms with Crippen LogP contribution in [0, 0.1) is 23.1 Å². The molecule has 0 radical (unpaired) electrons. The maximum absolute atomic E-state index is 14.1. The summed E-state index contributed by atoms with van der Waals surface area (Å²) in [5.74, 6) is 0.384. The van der Waals surface area contributed by atoms with Crippen molar-refractivity contribution in [2.24, 2.45) is 4.99 Å². The van der Waals surface area contributed by atoms with Crippen LogP contribution < -0.4 is 19.6 Å². The van der Waals surface area contributed by atoms with E-state index in [-0.39, 0.29) is 29.7 Å². The van der Waals surface area contributed by atoms with Crippen LogP contribution in [0.25, 0.3) is 11.8 Å². The quantitative estimate of drug-likeness (QED) is 0.103. The largest absolute Gasteiger partial charge is 0.487 e. The van der Waals surface area contributed by atoms with Crippen LogP contribution in [-0.4, -0.2) is 9.49 Å². The molecular formula is C34H22FI2N3O4S. The Morgan fingerprint density at radius 2 is 1.73 bits per heavy atom. The molecule has 1 aliphatic carbocycles. The SMILES string of the molecule is O=c1/c(=C\c2cc(I)c(OCc3ccc([N+](=O)[O-])cc3)c(I)c2)sc2n1[C@H](c1ccc(F)cc1)C1=C(N=2)c2ccccc2CC1. The number of ether oxygens (including phenoxy) is 1. The van der Waals surface area contributed by atoms with E-state index in [4.69, 9.17) is 9.73 Å². The van der Waals surface area contributed by atoms with Gasteiger partial charge in [0.25, 0.3) is 11.2 Å². The fraction of sp³-hybridized carbons (Fsp3) is 0.118.